The monoisotopic (exact) mass is 166 g/mol. The molecule has 1 heterocycles. The van der Waals surface area contributed by atoms with Crippen LogP contribution in [-0.2, 0) is 0 Å². The number of pyridine rings is 1. The second-order valence-corrected chi connectivity index (χ2v) is 2.20. The van der Waals surface area contributed by atoms with Crippen molar-refractivity contribution in [2.45, 2.75) is 0 Å². The number of hydrogen-bond donors (Lipinski definition) is 2. The topological polar surface area (TPSA) is 100 Å². The molecule has 1 aromatic rings. The van der Waals surface area contributed by atoms with Crippen LogP contribution in [0.5, 0.6) is 0 Å². The molecule has 0 saturated carbocycles. The predicted octanol–water partition coefficient (Wildman–Crippen LogP) is -1.30. The van der Waals surface area contributed by atoms with Crippen molar-refractivity contribution in [1.29, 1.82) is 0 Å². The van der Waals surface area contributed by atoms with Crippen LogP contribution >= 0.6 is 0 Å². The van der Waals surface area contributed by atoms with E-state index in [2.05, 4.69) is 4.98 Å². The van der Waals surface area contributed by atoms with Gasteiger partial charge in [-0.05, 0) is 0 Å². The maximum absolute atomic E-state index is 10.7. The van der Waals surface area contributed by atoms with Crippen molar-refractivity contribution in [3.8, 4) is 0 Å². The summed E-state index contributed by atoms with van der Waals surface area (Å²) in [5, 5.41) is 0. The van der Waals surface area contributed by atoms with E-state index >= 15 is 0 Å². The quantitative estimate of drug-likeness (QED) is 0.570. The number of nitrogens with two attached hydrogens (primary N) is 2. The number of hydrogen-bond acceptors (Lipinski definition) is 2. The first-order valence-corrected chi connectivity index (χ1v) is 3.22. The number of H-pyrrole nitrogens is 1. The average Bonchev–Trinajstić information content (AvgIpc) is 2.04. The number of nitrogens with one attached hydrogen (secondary N) is 1. The third-order valence-corrected chi connectivity index (χ3v) is 1.39. The van der Waals surface area contributed by atoms with Gasteiger partial charge in [0.1, 0.15) is 5.56 Å². The zero-order chi connectivity index (χ0) is 9.14. The summed E-state index contributed by atoms with van der Waals surface area (Å²) in [6.45, 7) is 0. The molecule has 62 valence electrons. The normalized spacial score (nSPS) is 9.33. The highest BCUT2D eigenvalue weighted by Crippen LogP contribution is 2.02. The fourth-order valence-corrected chi connectivity index (χ4v) is 0.849. The molecule has 0 radical (unpaired) electrons. The first-order chi connectivity index (χ1) is 5.63. The standard InChI is InChI=1S/C7H7N3O2/c8-6(11)4-1-2-10-3-5(4)7(9)12/h1-3H,(H2,8,11)(H2,9,12)/p+1. The van der Waals surface area contributed by atoms with Crippen LogP contribution in [0.25, 0.3) is 0 Å². The molecule has 5 nitrogen and oxygen atoms in total. The van der Waals surface area contributed by atoms with Crippen molar-refractivity contribution in [3.63, 3.8) is 0 Å². The Morgan fingerprint density at radius 1 is 1.17 bits per heavy atom. The molecule has 0 bridgehead atoms. The molecule has 5 heteroatoms. The molecule has 2 amide bonds. The molecule has 0 aliphatic heterocycles. The molecule has 5 N–H and O–H groups in total. The lowest BCUT2D eigenvalue weighted by molar-refractivity contribution is -0.378. The summed E-state index contributed by atoms with van der Waals surface area (Å²) in [4.78, 5) is 24.1. The maximum atomic E-state index is 10.7. The van der Waals surface area contributed by atoms with Crippen LogP contribution in [0.4, 0.5) is 0 Å². The smallest absolute Gasteiger partial charge is 0.255 e. The third kappa shape index (κ3) is 1.39. The zero-order valence-electron chi connectivity index (χ0n) is 6.20. The number of aromatic amines is 1. The predicted molar refractivity (Wildman–Crippen MR) is 40.0 cm³/mol. The summed E-state index contributed by atoms with van der Waals surface area (Å²) in [7, 11) is 0. The van der Waals surface area contributed by atoms with Gasteiger partial charge in [0.2, 0.25) is 5.91 Å². The number of amides is 2. The van der Waals surface area contributed by atoms with Crippen LogP contribution in [0.1, 0.15) is 20.7 Å². The molecule has 1 rings (SSSR count). The van der Waals surface area contributed by atoms with Gasteiger partial charge in [-0.1, -0.05) is 0 Å². The van der Waals surface area contributed by atoms with E-state index in [0.717, 1.165) is 0 Å². The molecule has 0 unspecified atom stereocenters. The Balaban J connectivity index is 3.27. The van der Waals surface area contributed by atoms with Crippen LogP contribution in [0.2, 0.25) is 0 Å². The van der Waals surface area contributed by atoms with Crippen molar-refractivity contribution in [1.82, 2.24) is 0 Å². The summed E-state index contributed by atoms with van der Waals surface area (Å²) in [6.07, 6.45) is 2.83. The molecule has 0 aliphatic carbocycles. The van der Waals surface area contributed by atoms with E-state index < -0.39 is 11.8 Å². The van der Waals surface area contributed by atoms with Crippen LogP contribution in [0.15, 0.2) is 18.5 Å². The van der Waals surface area contributed by atoms with Gasteiger partial charge in [0.15, 0.2) is 12.4 Å². The van der Waals surface area contributed by atoms with Gasteiger partial charge in [-0.3, -0.25) is 9.59 Å². The highest BCUT2D eigenvalue weighted by molar-refractivity contribution is 6.05. The van der Waals surface area contributed by atoms with E-state index in [1.807, 2.05) is 0 Å². The second-order valence-electron chi connectivity index (χ2n) is 2.20. The molecule has 1 aromatic heterocycles. The Bertz CT molecular complexity index is 302. The van der Waals surface area contributed by atoms with E-state index in [0.29, 0.717) is 0 Å². The lowest BCUT2D eigenvalue weighted by atomic mass is 10.1. The van der Waals surface area contributed by atoms with Crippen molar-refractivity contribution >= 4 is 11.8 Å². The van der Waals surface area contributed by atoms with Crippen LogP contribution in [-0.4, -0.2) is 11.8 Å². The Kier molecular flexibility index (Phi) is 2.05. The first-order valence-electron chi connectivity index (χ1n) is 3.22. The lowest BCUT2D eigenvalue weighted by Gasteiger charge is -1.96. The van der Waals surface area contributed by atoms with Gasteiger partial charge in [-0.25, -0.2) is 4.98 Å². The number of carbonyl (C=O) groups is 2. The number of carbonyl (C=O) groups excluding carboxylic acids is 2. The van der Waals surface area contributed by atoms with Crippen LogP contribution in [0.3, 0.4) is 0 Å². The maximum Gasteiger partial charge on any atom is 0.255 e. The Labute approximate surface area is 68.4 Å². The first kappa shape index (κ1) is 8.19. The molecule has 0 fully saturated rings. The fraction of sp³-hybridized carbons (Fsp3) is 0. The summed E-state index contributed by atoms with van der Waals surface area (Å²) >= 11 is 0. The zero-order valence-corrected chi connectivity index (χ0v) is 6.20. The van der Waals surface area contributed by atoms with Crippen molar-refractivity contribution in [2.75, 3.05) is 0 Å². The van der Waals surface area contributed by atoms with Crippen molar-refractivity contribution in [2.24, 2.45) is 11.5 Å². The molecule has 0 spiro atoms. The SMILES string of the molecule is NC(=O)c1cc[nH+]cc1C(N)=O. The van der Waals surface area contributed by atoms with Crippen LogP contribution in [0, 0.1) is 0 Å². The van der Waals surface area contributed by atoms with Crippen molar-refractivity contribution < 1.29 is 14.6 Å². The summed E-state index contributed by atoms with van der Waals surface area (Å²) in [6, 6.07) is 1.41. The third-order valence-electron chi connectivity index (χ3n) is 1.39. The van der Waals surface area contributed by atoms with E-state index in [4.69, 9.17) is 11.5 Å². The number of rotatable bonds is 2. The van der Waals surface area contributed by atoms with E-state index in [-0.39, 0.29) is 11.1 Å². The minimum Gasteiger partial charge on any atom is -0.366 e. The summed E-state index contributed by atoms with van der Waals surface area (Å²) in [5.41, 5.74) is 10.2. The summed E-state index contributed by atoms with van der Waals surface area (Å²) < 4.78 is 0. The average molecular weight is 166 g/mol. The van der Waals surface area contributed by atoms with E-state index in [1.165, 1.54) is 18.5 Å². The van der Waals surface area contributed by atoms with Gasteiger partial charge in [-0.2, -0.15) is 0 Å². The Hall–Kier alpha value is -1.91. The Morgan fingerprint density at radius 3 is 2.17 bits per heavy atom. The molecule has 12 heavy (non-hydrogen) atoms. The van der Waals surface area contributed by atoms with Gasteiger partial charge in [0.25, 0.3) is 5.91 Å². The molecular weight excluding hydrogens is 158 g/mol. The molecule has 0 atom stereocenters. The minimum absolute atomic E-state index is 0.102. The van der Waals surface area contributed by atoms with E-state index in [1.54, 1.807) is 0 Å². The highest BCUT2D eigenvalue weighted by Gasteiger charge is 2.14. The number of aromatic nitrogens is 1. The van der Waals surface area contributed by atoms with E-state index in [9.17, 15) is 9.59 Å². The van der Waals surface area contributed by atoms with Gasteiger partial charge in [0, 0.05) is 6.07 Å². The lowest BCUT2D eigenvalue weighted by Crippen LogP contribution is -2.23. The molecule has 0 saturated heterocycles. The van der Waals surface area contributed by atoms with Crippen LogP contribution < -0.4 is 16.5 Å². The summed E-state index contributed by atoms with van der Waals surface area (Å²) in [5.74, 6) is -1.35. The molecule has 0 aromatic carbocycles. The molecule has 0 aliphatic rings. The second kappa shape index (κ2) is 3.00. The van der Waals surface area contributed by atoms with Gasteiger partial charge in [-0.15, -0.1) is 0 Å². The van der Waals surface area contributed by atoms with Gasteiger partial charge < -0.3 is 11.5 Å². The molecular formula is C7H8N3O2+. The number of primary amides is 2. The van der Waals surface area contributed by atoms with Gasteiger partial charge >= 0.3 is 0 Å². The largest absolute Gasteiger partial charge is 0.366 e. The Morgan fingerprint density at radius 2 is 1.75 bits per heavy atom. The fourth-order valence-electron chi connectivity index (χ4n) is 0.849. The van der Waals surface area contributed by atoms with Crippen molar-refractivity contribution in [3.05, 3.63) is 29.6 Å². The minimum atomic E-state index is -0.680. The van der Waals surface area contributed by atoms with Gasteiger partial charge in [0.05, 0.1) is 5.56 Å². The highest BCUT2D eigenvalue weighted by atomic mass is 16.2.